The van der Waals surface area contributed by atoms with Crippen LogP contribution in [0.5, 0.6) is 5.75 Å². The van der Waals surface area contributed by atoms with Gasteiger partial charge in [-0.05, 0) is 61.1 Å². The fraction of sp³-hybridized carbons (Fsp3) is 0.409. The van der Waals surface area contributed by atoms with Gasteiger partial charge in [0.05, 0.1) is 5.56 Å². The van der Waals surface area contributed by atoms with Crippen molar-refractivity contribution >= 4 is 29.9 Å². The number of halogens is 2. The Labute approximate surface area is 177 Å². The number of nitrogens with one attached hydrogen (secondary N) is 1. The molecular weight excluding hydrogens is 395 g/mol. The van der Waals surface area contributed by atoms with E-state index in [-0.39, 0.29) is 18.3 Å². The lowest BCUT2D eigenvalue weighted by molar-refractivity contribution is 0.0603. The molecular formula is C22H26Cl2N2O2. The van der Waals surface area contributed by atoms with E-state index in [0.29, 0.717) is 28.4 Å². The molecule has 0 atom stereocenters. The fourth-order valence-corrected chi connectivity index (χ4v) is 4.21. The number of piperidine rings is 1. The van der Waals surface area contributed by atoms with E-state index in [1.807, 2.05) is 53.4 Å². The molecule has 0 radical (unpaired) electrons. The molecule has 0 saturated carbocycles. The van der Waals surface area contributed by atoms with Crippen LogP contribution in [0.1, 0.15) is 35.2 Å². The second-order valence-corrected chi connectivity index (χ2v) is 8.07. The summed E-state index contributed by atoms with van der Waals surface area (Å²) in [5, 5.41) is 4.18. The summed E-state index contributed by atoms with van der Waals surface area (Å²) in [6.45, 7) is 4.26. The highest BCUT2D eigenvalue weighted by atomic mass is 35.5. The van der Waals surface area contributed by atoms with Crippen LogP contribution in [0.15, 0.2) is 48.5 Å². The Bertz CT molecular complexity index is 794. The van der Waals surface area contributed by atoms with E-state index in [0.717, 1.165) is 44.6 Å². The highest BCUT2D eigenvalue weighted by Crippen LogP contribution is 2.37. The molecule has 2 saturated heterocycles. The lowest BCUT2D eigenvalue weighted by Crippen LogP contribution is -2.44. The number of benzene rings is 2. The maximum atomic E-state index is 13.1. The number of hydrogen-bond acceptors (Lipinski definition) is 3. The van der Waals surface area contributed by atoms with Crippen molar-refractivity contribution in [1.29, 1.82) is 0 Å². The number of likely N-dealkylation sites (tertiary alicyclic amines) is 1. The van der Waals surface area contributed by atoms with Gasteiger partial charge in [0, 0.05) is 24.7 Å². The molecule has 1 N–H and O–H groups in total. The van der Waals surface area contributed by atoms with Crippen LogP contribution >= 0.6 is 24.0 Å². The molecule has 0 unspecified atom stereocenters. The van der Waals surface area contributed by atoms with Gasteiger partial charge in [-0.1, -0.05) is 35.9 Å². The summed E-state index contributed by atoms with van der Waals surface area (Å²) >= 11 is 5.93. The minimum absolute atomic E-state index is 0. The van der Waals surface area contributed by atoms with Crippen molar-refractivity contribution in [2.24, 2.45) is 5.41 Å². The van der Waals surface area contributed by atoms with E-state index in [9.17, 15) is 4.79 Å². The van der Waals surface area contributed by atoms with Gasteiger partial charge in [0.25, 0.3) is 5.91 Å². The molecule has 2 aromatic carbocycles. The largest absolute Gasteiger partial charge is 0.488 e. The number of rotatable bonds is 4. The molecule has 2 aromatic rings. The average molecular weight is 421 g/mol. The monoisotopic (exact) mass is 420 g/mol. The molecule has 4 rings (SSSR count). The summed E-state index contributed by atoms with van der Waals surface area (Å²) in [5.74, 6) is 0.711. The maximum absolute atomic E-state index is 13.1. The summed E-state index contributed by atoms with van der Waals surface area (Å²) in [7, 11) is 0. The predicted octanol–water partition coefficient (Wildman–Crippen LogP) is 4.56. The zero-order valence-electron chi connectivity index (χ0n) is 15.8. The van der Waals surface area contributed by atoms with E-state index in [1.54, 1.807) is 0 Å². The SMILES string of the molecule is Cl.O=C(c1ccccc1OCc1ccc(Cl)cc1)N1CCC2(CCNC2)CC1. The third-order valence-electron chi connectivity index (χ3n) is 5.87. The quantitative estimate of drug-likeness (QED) is 0.787. The number of amides is 1. The Morgan fingerprint density at radius 3 is 2.46 bits per heavy atom. The Balaban J connectivity index is 0.00000225. The molecule has 28 heavy (non-hydrogen) atoms. The Morgan fingerprint density at radius 2 is 1.79 bits per heavy atom. The first kappa shape index (κ1) is 21.0. The second-order valence-electron chi connectivity index (χ2n) is 7.63. The van der Waals surface area contributed by atoms with Crippen LogP contribution < -0.4 is 10.1 Å². The Kier molecular flexibility index (Phi) is 6.86. The van der Waals surface area contributed by atoms with E-state index in [4.69, 9.17) is 16.3 Å². The standard InChI is InChI=1S/C22H25ClN2O2.ClH/c23-18-7-5-17(6-8-18)15-27-20-4-2-1-3-19(20)21(26)25-13-10-22(11-14-25)9-12-24-16-22;/h1-8,24H,9-16H2;1H. The van der Waals surface area contributed by atoms with Gasteiger partial charge in [0.15, 0.2) is 0 Å². The van der Waals surface area contributed by atoms with Crippen molar-refractivity contribution in [3.63, 3.8) is 0 Å². The van der Waals surface area contributed by atoms with Gasteiger partial charge in [-0.15, -0.1) is 12.4 Å². The summed E-state index contributed by atoms with van der Waals surface area (Å²) < 4.78 is 5.97. The third-order valence-corrected chi connectivity index (χ3v) is 6.12. The number of carbonyl (C=O) groups is 1. The topological polar surface area (TPSA) is 41.6 Å². The van der Waals surface area contributed by atoms with Gasteiger partial charge >= 0.3 is 0 Å². The third kappa shape index (κ3) is 4.62. The smallest absolute Gasteiger partial charge is 0.257 e. The number of hydrogen-bond donors (Lipinski definition) is 1. The van der Waals surface area contributed by atoms with Gasteiger partial charge in [-0.2, -0.15) is 0 Å². The lowest BCUT2D eigenvalue weighted by Gasteiger charge is -2.39. The zero-order chi connectivity index (χ0) is 18.7. The van der Waals surface area contributed by atoms with Crippen LogP contribution in [0.2, 0.25) is 5.02 Å². The molecule has 2 heterocycles. The Morgan fingerprint density at radius 1 is 1.07 bits per heavy atom. The average Bonchev–Trinajstić information content (AvgIpc) is 3.16. The normalized spacial score (nSPS) is 18.0. The van der Waals surface area contributed by atoms with Crippen LogP contribution in [0.25, 0.3) is 0 Å². The first-order valence-corrected chi connectivity index (χ1v) is 9.99. The number of carbonyl (C=O) groups excluding carboxylic acids is 1. The molecule has 2 aliphatic heterocycles. The lowest BCUT2D eigenvalue weighted by atomic mass is 9.78. The van der Waals surface area contributed by atoms with Gasteiger partial charge in [-0.3, -0.25) is 4.79 Å². The highest BCUT2D eigenvalue weighted by molar-refractivity contribution is 6.30. The van der Waals surface area contributed by atoms with Gasteiger partial charge in [0.1, 0.15) is 12.4 Å². The molecule has 150 valence electrons. The van der Waals surface area contributed by atoms with Crippen molar-refractivity contribution in [1.82, 2.24) is 10.2 Å². The minimum atomic E-state index is 0. The van der Waals surface area contributed by atoms with E-state index < -0.39 is 0 Å². The molecule has 2 fully saturated rings. The van der Waals surface area contributed by atoms with Crippen molar-refractivity contribution in [3.8, 4) is 5.75 Å². The summed E-state index contributed by atoms with van der Waals surface area (Å²) in [6.07, 6.45) is 3.40. The molecule has 1 spiro atoms. The van der Waals surface area contributed by atoms with Crippen LogP contribution in [0.3, 0.4) is 0 Å². The highest BCUT2D eigenvalue weighted by Gasteiger charge is 2.38. The summed E-state index contributed by atoms with van der Waals surface area (Å²) in [6, 6.07) is 15.1. The van der Waals surface area contributed by atoms with Crippen molar-refractivity contribution in [2.75, 3.05) is 26.2 Å². The van der Waals surface area contributed by atoms with Crippen LogP contribution in [-0.4, -0.2) is 37.0 Å². The zero-order valence-corrected chi connectivity index (χ0v) is 17.4. The second kappa shape index (κ2) is 9.17. The maximum Gasteiger partial charge on any atom is 0.257 e. The van der Waals surface area contributed by atoms with Crippen molar-refractivity contribution in [2.45, 2.75) is 25.9 Å². The number of nitrogens with zero attached hydrogens (tertiary/aromatic N) is 1. The molecule has 1 amide bonds. The first-order chi connectivity index (χ1) is 13.2. The van der Waals surface area contributed by atoms with Crippen molar-refractivity contribution < 1.29 is 9.53 Å². The first-order valence-electron chi connectivity index (χ1n) is 9.62. The molecule has 0 aromatic heterocycles. The minimum Gasteiger partial charge on any atom is -0.488 e. The molecule has 0 aliphatic carbocycles. The summed E-state index contributed by atoms with van der Waals surface area (Å²) in [4.78, 5) is 15.1. The predicted molar refractivity (Wildman–Crippen MR) is 115 cm³/mol. The van der Waals surface area contributed by atoms with Gasteiger partial charge < -0.3 is 15.0 Å². The van der Waals surface area contributed by atoms with Gasteiger partial charge in [0.2, 0.25) is 0 Å². The molecule has 2 aliphatic rings. The number of para-hydroxylation sites is 1. The number of ether oxygens (including phenoxy) is 1. The van der Waals surface area contributed by atoms with Crippen molar-refractivity contribution in [3.05, 3.63) is 64.7 Å². The van der Waals surface area contributed by atoms with Crippen LogP contribution in [-0.2, 0) is 6.61 Å². The molecule has 4 nitrogen and oxygen atoms in total. The Hall–Kier alpha value is -1.75. The fourth-order valence-electron chi connectivity index (χ4n) is 4.09. The van der Waals surface area contributed by atoms with Crippen LogP contribution in [0, 0.1) is 5.41 Å². The van der Waals surface area contributed by atoms with E-state index >= 15 is 0 Å². The molecule has 0 bridgehead atoms. The molecule has 6 heteroatoms. The van der Waals surface area contributed by atoms with Crippen LogP contribution in [0.4, 0.5) is 0 Å². The van der Waals surface area contributed by atoms with E-state index in [2.05, 4.69) is 5.32 Å². The van der Waals surface area contributed by atoms with E-state index in [1.165, 1.54) is 6.42 Å². The summed E-state index contributed by atoms with van der Waals surface area (Å²) in [5.41, 5.74) is 2.07. The van der Waals surface area contributed by atoms with Gasteiger partial charge in [-0.25, -0.2) is 0 Å².